The summed E-state index contributed by atoms with van der Waals surface area (Å²) in [5.41, 5.74) is 33.4. The zero-order valence-corrected chi connectivity index (χ0v) is 42.4. The summed E-state index contributed by atoms with van der Waals surface area (Å²) in [6, 6.07) is -1.27. The maximum absolute atomic E-state index is 14.2. The standard InChI is InChI=1S/C46H75ClN16O11/c1-26(57-43(71)37(35(64)24-51)62-39(67)29(52)12-2-4-17-48)38(66)56-25-36(65)58-31(14-7-19-50)44(72)63-21-9-16-34(63)42(70)61-33(23-27-10-6-11-28(47)22-27)41(69)59-30(13-3-5-18-49)40(68)60-32(45(73)74)15-8-20-55-46(53)54/h6,10-11,15,22,26,29-30,33-35,37,64H,2-5,7-9,12-14,16-21,23-25,48-52H2,1H3,(H,56,66)(H,57,71)(H,59,69)(H,60,68)(H,61,70)(H,62,67)(H,73,74)(H4,53,54,55)/b32-15-,58-31+/t26-,29-,30-,33-,34-,35-,37-/m0/s1. The van der Waals surface area contributed by atoms with Crippen molar-refractivity contribution in [2.45, 2.75) is 126 Å². The number of carboxylic acid groups (broad SMARTS) is 1. The highest BCUT2D eigenvalue weighted by Gasteiger charge is 2.38. The summed E-state index contributed by atoms with van der Waals surface area (Å²) in [5, 5.41) is 45.0. The van der Waals surface area contributed by atoms with Gasteiger partial charge in [-0.25, -0.2) is 9.79 Å². The molecule has 22 N–H and O–H groups in total. The molecule has 1 aliphatic rings. The Balaban J connectivity index is 2.30. The minimum absolute atomic E-state index is 0.0352. The Morgan fingerprint density at radius 3 is 2.15 bits per heavy atom. The maximum atomic E-state index is 14.2. The van der Waals surface area contributed by atoms with Crippen LogP contribution in [-0.2, 0) is 49.6 Å². The number of carbonyl (C=O) groups is 9. The van der Waals surface area contributed by atoms with Crippen LogP contribution in [0.15, 0.2) is 41.0 Å². The molecule has 1 saturated heterocycles. The summed E-state index contributed by atoms with van der Waals surface area (Å²) >= 11 is 6.26. The number of carboxylic acids is 1. The highest BCUT2D eigenvalue weighted by atomic mass is 35.5. The molecule has 28 heteroatoms. The predicted octanol–water partition coefficient (Wildman–Crippen LogP) is -4.48. The third kappa shape index (κ3) is 22.7. The summed E-state index contributed by atoms with van der Waals surface area (Å²) in [4.78, 5) is 125. The predicted molar refractivity (Wildman–Crippen MR) is 274 cm³/mol. The quantitative estimate of drug-likeness (QED) is 0.0137. The van der Waals surface area contributed by atoms with E-state index in [2.05, 4.69) is 42.2 Å². The number of nitrogens with one attached hydrogen (secondary N) is 8. The van der Waals surface area contributed by atoms with Gasteiger partial charge in [0.05, 0.1) is 18.7 Å². The molecule has 8 amide bonds. The van der Waals surface area contributed by atoms with Gasteiger partial charge >= 0.3 is 5.97 Å². The number of nitrogens with zero attached hydrogens (tertiary/aromatic N) is 2. The molecule has 74 heavy (non-hydrogen) atoms. The van der Waals surface area contributed by atoms with Crippen molar-refractivity contribution < 1.29 is 53.4 Å². The minimum Gasteiger partial charge on any atom is -0.477 e. The second-order valence-corrected chi connectivity index (χ2v) is 17.8. The normalized spacial score (nSPS) is 16.1. The molecule has 7 atom stereocenters. The maximum Gasteiger partial charge on any atom is 0.352 e. The molecule has 0 saturated carbocycles. The number of unbranched alkanes of at least 4 members (excludes halogenated alkanes) is 2. The molecule has 0 aromatic heterocycles. The number of aliphatic imine (C=N–C) groups is 1. The van der Waals surface area contributed by atoms with E-state index in [4.69, 9.17) is 51.4 Å². The van der Waals surface area contributed by atoms with Gasteiger partial charge in [-0.3, -0.25) is 43.8 Å². The fraction of sp³-hybridized carbons (Fsp3) is 0.587. The number of nitrogens with two attached hydrogens (primary N) is 6. The van der Waals surface area contributed by atoms with E-state index in [9.17, 15) is 53.4 Å². The van der Waals surface area contributed by atoms with Gasteiger partial charge in [-0.05, 0) is 108 Å². The van der Waals surface area contributed by atoms with Gasteiger partial charge < -0.3 is 86.7 Å². The van der Waals surface area contributed by atoms with Gasteiger partial charge in [0.25, 0.3) is 11.8 Å². The lowest BCUT2D eigenvalue weighted by atomic mass is 10.0. The Bertz CT molecular complexity index is 2160. The highest BCUT2D eigenvalue weighted by Crippen LogP contribution is 2.20. The van der Waals surface area contributed by atoms with Crippen molar-refractivity contribution in [3.8, 4) is 0 Å². The Hall–Kier alpha value is -6.62. The number of amides is 8. The number of carbonyl (C=O) groups excluding carboxylic acids is 8. The van der Waals surface area contributed by atoms with Crippen LogP contribution in [0.1, 0.15) is 83.1 Å². The first kappa shape index (κ1) is 63.5. The Morgan fingerprint density at radius 2 is 1.53 bits per heavy atom. The first-order valence-electron chi connectivity index (χ1n) is 24.4. The van der Waals surface area contributed by atoms with E-state index in [0.717, 1.165) is 0 Å². The highest BCUT2D eigenvalue weighted by molar-refractivity contribution is 6.40. The monoisotopic (exact) mass is 1060 g/mol. The van der Waals surface area contributed by atoms with Gasteiger partial charge in [-0.1, -0.05) is 36.2 Å². The van der Waals surface area contributed by atoms with E-state index < -0.39 is 114 Å². The lowest BCUT2D eigenvalue weighted by Crippen LogP contribution is -2.60. The summed E-state index contributed by atoms with van der Waals surface area (Å²) in [6.07, 6.45) is 2.46. The van der Waals surface area contributed by atoms with E-state index in [0.29, 0.717) is 49.2 Å². The van der Waals surface area contributed by atoms with Gasteiger partial charge in [0, 0.05) is 31.1 Å². The summed E-state index contributed by atoms with van der Waals surface area (Å²) in [5.74, 6) is -8.56. The van der Waals surface area contributed by atoms with Gasteiger partial charge in [0.15, 0.2) is 5.96 Å². The van der Waals surface area contributed by atoms with Crippen LogP contribution in [0.4, 0.5) is 0 Å². The third-order valence-electron chi connectivity index (χ3n) is 11.5. The molecular weight excluding hydrogens is 988 g/mol. The van der Waals surface area contributed by atoms with Crippen molar-refractivity contribution in [3.05, 3.63) is 46.6 Å². The molecule has 0 bridgehead atoms. The van der Waals surface area contributed by atoms with E-state index in [-0.39, 0.29) is 82.8 Å². The molecule has 0 unspecified atom stereocenters. The van der Waals surface area contributed by atoms with Crippen LogP contribution in [0.25, 0.3) is 0 Å². The largest absolute Gasteiger partial charge is 0.477 e. The molecule has 412 valence electrons. The number of aliphatic carboxylic acids is 1. The Kier molecular flexibility index (Phi) is 29.2. The lowest BCUT2D eigenvalue weighted by molar-refractivity contribution is -0.137. The average Bonchev–Trinajstić information content (AvgIpc) is 3.86. The van der Waals surface area contributed by atoms with Crippen LogP contribution in [0.2, 0.25) is 5.02 Å². The van der Waals surface area contributed by atoms with Gasteiger partial charge in [0.2, 0.25) is 35.4 Å². The Labute approximate surface area is 434 Å². The number of likely N-dealkylation sites (tertiary alicyclic amines) is 1. The van der Waals surface area contributed by atoms with Gasteiger partial charge in [-0.15, -0.1) is 0 Å². The van der Waals surface area contributed by atoms with Crippen molar-refractivity contribution in [2.24, 2.45) is 39.4 Å². The minimum atomic E-state index is -1.58. The smallest absolute Gasteiger partial charge is 0.352 e. The zero-order chi connectivity index (χ0) is 55.3. The van der Waals surface area contributed by atoms with Gasteiger partial charge in [0.1, 0.15) is 41.6 Å². The topological polar surface area (TPSA) is 474 Å². The SMILES string of the molecule is C[C@H](NC(=O)[C@@H](NC(=O)[C@@H](N)CCCCN)[C@@H](O)CN)C(=O)NCC(=O)/N=C(\CCCN)C(=O)N1CCC[C@H]1C(=O)N[C@@H](Cc1cccc(Cl)c1)C(=O)N[C@@H](CCCCN)C(=O)N/C(=C\CCNC(=N)N)C(=O)O. The van der Waals surface area contributed by atoms with Crippen LogP contribution in [0, 0.1) is 5.41 Å². The van der Waals surface area contributed by atoms with Crippen molar-refractivity contribution >= 4 is 76.5 Å². The average molecular weight is 1060 g/mol. The van der Waals surface area contributed by atoms with Crippen molar-refractivity contribution in [2.75, 3.05) is 45.8 Å². The van der Waals surface area contributed by atoms with Crippen LogP contribution in [0.5, 0.6) is 0 Å². The number of benzene rings is 1. The molecule has 0 radical (unpaired) electrons. The number of hydrogen-bond donors (Lipinski definition) is 16. The fourth-order valence-corrected chi connectivity index (χ4v) is 7.63. The van der Waals surface area contributed by atoms with E-state index in [1.807, 2.05) is 0 Å². The first-order chi connectivity index (χ1) is 35.2. The van der Waals surface area contributed by atoms with Crippen molar-refractivity contribution in [1.29, 1.82) is 5.41 Å². The van der Waals surface area contributed by atoms with Crippen LogP contribution in [-0.4, -0.2) is 168 Å². The Morgan fingerprint density at radius 1 is 0.851 bits per heavy atom. The van der Waals surface area contributed by atoms with E-state index in [1.54, 1.807) is 24.3 Å². The molecule has 27 nitrogen and oxygen atoms in total. The van der Waals surface area contributed by atoms with Crippen molar-refractivity contribution in [3.63, 3.8) is 0 Å². The second-order valence-electron chi connectivity index (χ2n) is 17.4. The van der Waals surface area contributed by atoms with Gasteiger partial charge in [-0.2, -0.15) is 0 Å². The van der Waals surface area contributed by atoms with E-state index >= 15 is 0 Å². The van der Waals surface area contributed by atoms with Crippen molar-refractivity contribution in [1.82, 2.24) is 42.1 Å². The molecule has 2 rings (SSSR count). The molecule has 0 spiro atoms. The fourth-order valence-electron chi connectivity index (χ4n) is 7.42. The molecule has 1 fully saturated rings. The van der Waals surface area contributed by atoms with Crippen LogP contribution >= 0.6 is 11.6 Å². The number of rotatable bonds is 33. The number of aliphatic hydroxyl groups excluding tert-OH is 1. The first-order valence-corrected chi connectivity index (χ1v) is 24.8. The number of halogens is 1. The van der Waals surface area contributed by atoms with Crippen LogP contribution in [0.3, 0.4) is 0 Å². The number of aliphatic hydroxyl groups is 1. The van der Waals surface area contributed by atoms with Crippen LogP contribution < -0.4 is 71.6 Å². The molecule has 1 aromatic rings. The summed E-state index contributed by atoms with van der Waals surface area (Å²) < 4.78 is 0. The lowest BCUT2D eigenvalue weighted by Gasteiger charge is -2.28. The summed E-state index contributed by atoms with van der Waals surface area (Å²) in [7, 11) is 0. The zero-order valence-electron chi connectivity index (χ0n) is 41.7. The summed E-state index contributed by atoms with van der Waals surface area (Å²) in [6.45, 7) is 1.03. The third-order valence-corrected chi connectivity index (χ3v) is 11.7. The molecule has 1 aromatic carbocycles. The molecule has 1 aliphatic heterocycles. The van der Waals surface area contributed by atoms with E-state index in [1.165, 1.54) is 17.9 Å². The number of hydrogen-bond acceptors (Lipinski definition) is 16. The molecule has 1 heterocycles. The number of guanidine groups is 1. The molecule has 0 aliphatic carbocycles. The molecular formula is C46H75ClN16O11. The second kappa shape index (κ2) is 34.0.